The van der Waals surface area contributed by atoms with Crippen LogP contribution in [-0.2, 0) is 9.47 Å². The molecule has 0 unspecified atom stereocenters. The van der Waals surface area contributed by atoms with E-state index in [0.29, 0.717) is 37.9 Å². The quantitative estimate of drug-likeness (QED) is 0.548. The van der Waals surface area contributed by atoms with Crippen molar-refractivity contribution in [3.63, 3.8) is 0 Å². The van der Waals surface area contributed by atoms with Crippen molar-refractivity contribution < 1.29 is 23.7 Å². The lowest BCUT2D eigenvalue weighted by molar-refractivity contribution is 0.0488. The van der Waals surface area contributed by atoms with Crippen LogP contribution in [0.4, 0.5) is 10.5 Å². The number of rotatable bonds is 9. The Morgan fingerprint density at radius 1 is 1.17 bits per heavy atom. The Balaban J connectivity index is 2.19. The number of carbonyl (C=O) groups is 1. The Morgan fingerprint density at radius 2 is 1.92 bits per heavy atom. The molecule has 1 rings (SSSR count). The number of hydrogen-bond acceptors (Lipinski definition) is 7. The minimum Gasteiger partial charge on any atom is -0.493 e. The number of carbonyl (C=O) groups excluding carboxylic acids is 1. The standard InChI is InChI=1S/C16H24N2O6/c1-16(2,3)24-15(19)17-7-8-22-9-10-23-13-6-5-12(18-20)11-14(13)21-4/h5-6,11H,7-10H2,1-4H3,(H,17,19). The van der Waals surface area contributed by atoms with E-state index < -0.39 is 11.7 Å². The first-order valence-electron chi connectivity index (χ1n) is 7.54. The Labute approximate surface area is 141 Å². The monoisotopic (exact) mass is 340 g/mol. The summed E-state index contributed by atoms with van der Waals surface area (Å²) in [6, 6.07) is 4.64. The summed E-state index contributed by atoms with van der Waals surface area (Å²) in [5, 5.41) is 5.42. The molecule has 8 nitrogen and oxygen atoms in total. The van der Waals surface area contributed by atoms with E-state index in [1.54, 1.807) is 26.8 Å². The van der Waals surface area contributed by atoms with Gasteiger partial charge in [0, 0.05) is 12.6 Å². The maximum absolute atomic E-state index is 11.4. The number of hydrogen-bond donors (Lipinski definition) is 1. The molecule has 1 amide bonds. The summed E-state index contributed by atoms with van der Waals surface area (Å²) in [6.07, 6.45) is -0.476. The van der Waals surface area contributed by atoms with Gasteiger partial charge in [0.2, 0.25) is 0 Å². The number of amides is 1. The highest BCUT2D eigenvalue weighted by molar-refractivity contribution is 5.67. The van der Waals surface area contributed by atoms with Gasteiger partial charge in [0.05, 0.1) is 20.3 Å². The molecule has 8 heteroatoms. The maximum Gasteiger partial charge on any atom is 0.407 e. The van der Waals surface area contributed by atoms with Crippen molar-refractivity contribution >= 4 is 11.8 Å². The molecule has 0 fully saturated rings. The fourth-order valence-corrected chi connectivity index (χ4v) is 1.68. The van der Waals surface area contributed by atoms with Gasteiger partial charge in [-0.1, -0.05) is 0 Å². The van der Waals surface area contributed by atoms with Crippen molar-refractivity contribution in [2.24, 2.45) is 5.18 Å². The summed E-state index contributed by atoms with van der Waals surface area (Å²) in [6.45, 7) is 6.72. The number of alkyl carbamates (subject to hydrolysis) is 1. The second-order valence-electron chi connectivity index (χ2n) is 5.82. The lowest BCUT2D eigenvalue weighted by Crippen LogP contribution is -2.34. The largest absolute Gasteiger partial charge is 0.493 e. The molecule has 1 N–H and O–H groups in total. The number of nitroso groups, excluding NO2 is 1. The van der Waals surface area contributed by atoms with Crippen molar-refractivity contribution in [3.8, 4) is 11.5 Å². The highest BCUT2D eigenvalue weighted by atomic mass is 16.6. The fraction of sp³-hybridized carbons (Fsp3) is 0.562. The zero-order chi connectivity index (χ0) is 18.0. The highest BCUT2D eigenvalue weighted by Gasteiger charge is 2.15. The molecule has 24 heavy (non-hydrogen) atoms. The minimum absolute atomic E-state index is 0.267. The van der Waals surface area contributed by atoms with Gasteiger partial charge in [0.25, 0.3) is 0 Å². The Kier molecular flexibility index (Phi) is 7.97. The van der Waals surface area contributed by atoms with Gasteiger partial charge in [-0.2, -0.15) is 0 Å². The number of methoxy groups -OCH3 is 1. The van der Waals surface area contributed by atoms with Crippen molar-refractivity contribution in [2.45, 2.75) is 26.4 Å². The lowest BCUT2D eigenvalue weighted by Gasteiger charge is -2.19. The first-order valence-corrected chi connectivity index (χ1v) is 7.54. The summed E-state index contributed by atoms with van der Waals surface area (Å²) in [5.41, 5.74) is -0.254. The Morgan fingerprint density at radius 3 is 2.54 bits per heavy atom. The van der Waals surface area contributed by atoms with Gasteiger partial charge in [-0.3, -0.25) is 0 Å². The van der Waals surface area contributed by atoms with Crippen LogP contribution in [0.2, 0.25) is 0 Å². The average Bonchev–Trinajstić information content (AvgIpc) is 2.52. The molecule has 0 saturated heterocycles. The summed E-state index contributed by atoms with van der Waals surface area (Å²) < 4.78 is 21.1. The minimum atomic E-state index is -0.521. The molecule has 0 aromatic heterocycles. The van der Waals surface area contributed by atoms with Crippen LogP contribution in [0.5, 0.6) is 11.5 Å². The third-order valence-corrected chi connectivity index (χ3v) is 2.65. The smallest absolute Gasteiger partial charge is 0.407 e. The summed E-state index contributed by atoms with van der Waals surface area (Å²) in [5.74, 6) is 0.930. The molecule has 0 radical (unpaired) electrons. The number of nitrogens with zero attached hydrogens (tertiary/aromatic N) is 1. The van der Waals surface area contributed by atoms with Gasteiger partial charge in [-0.15, -0.1) is 4.91 Å². The molecule has 0 saturated carbocycles. The first kappa shape index (κ1) is 19.7. The SMILES string of the molecule is COc1cc(N=O)ccc1OCCOCCNC(=O)OC(C)(C)C. The van der Waals surface area contributed by atoms with Crippen LogP contribution < -0.4 is 14.8 Å². The second kappa shape index (κ2) is 9.71. The zero-order valence-corrected chi connectivity index (χ0v) is 14.5. The van der Waals surface area contributed by atoms with Crippen molar-refractivity contribution in [1.82, 2.24) is 5.32 Å². The Hall–Kier alpha value is -2.35. The van der Waals surface area contributed by atoms with Crippen LogP contribution in [0.1, 0.15) is 20.8 Å². The van der Waals surface area contributed by atoms with Gasteiger partial charge in [-0.05, 0) is 38.1 Å². The average molecular weight is 340 g/mol. The van der Waals surface area contributed by atoms with E-state index in [0.717, 1.165) is 0 Å². The molecular formula is C16H24N2O6. The predicted octanol–water partition coefficient (Wildman–Crippen LogP) is 3.01. The van der Waals surface area contributed by atoms with Gasteiger partial charge in [-0.25, -0.2) is 4.79 Å². The van der Waals surface area contributed by atoms with Gasteiger partial charge >= 0.3 is 6.09 Å². The van der Waals surface area contributed by atoms with E-state index in [9.17, 15) is 9.70 Å². The number of ether oxygens (including phenoxy) is 4. The molecule has 0 aliphatic carbocycles. The van der Waals surface area contributed by atoms with E-state index in [-0.39, 0.29) is 5.69 Å². The highest BCUT2D eigenvalue weighted by Crippen LogP contribution is 2.31. The number of nitrogens with one attached hydrogen (secondary N) is 1. The van der Waals surface area contributed by atoms with E-state index in [1.165, 1.54) is 19.2 Å². The lowest BCUT2D eigenvalue weighted by atomic mass is 10.2. The predicted molar refractivity (Wildman–Crippen MR) is 89.0 cm³/mol. The molecule has 0 heterocycles. The molecule has 0 atom stereocenters. The molecule has 0 spiro atoms. The van der Waals surface area contributed by atoms with Gasteiger partial charge in [0.1, 0.15) is 17.9 Å². The summed E-state index contributed by atoms with van der Waals surface area (Å²) in [4.78, 5) is 21.9. The molecule has 0 bridgehead atoms. The zero-order valence-electron chi connectivity index (χ0n) is 14.5. The topological polar surface area (TPSA) is 95.5 Å². The maximum atomic E-state index is 11.4. The molecule has 0 aliphatic rings. The fourth-order valence-electron chi connectivity index (χ4n) is 1.68. The van der Waals surface area contributed by atoms with Gasteiger partial charge < -0.3 is 24.3 Å². The summed E-state index contributed by atoms with van der Waals surface area (Å²) in [7, 11) is 1.48. The van der Waals surface area contributed by atoms with E-state index >= 15 is 0 Å². The van der Waals surface area contributed by atoms with Gasteiger partial charge in [0.15, 0.2) is 11.5 Å². The van der Waals surface area contributed by atoms with E-state index in [4.69, 9.17) is 18.9 Å². The van der Waals surface area contributed by atoms with Crippen molar-refractivity contribution in [2.75, 3.05) is 33.5 Å². The Bertz CT molecular complexity index is 542. The third-order valence-electron chi connectivity index (χ3n) is 2.65. The first-order chi connectivity index (χ1) is 11.4. The van der Waals surface area contributed by atoms with Crippen LogP contribution in [0.15, 0.2) is 23.4 Å². The van der Waals surface area contributed by atoms with Crippen LogP contribution in [0, 0.1) is 4.91 Å². The normalized spacial score (nSPS) is 10.8. The van der Waals surface area contributed by atoms with E-state index in [1.807, 2.05) is 0 Å². The molecule has 0 aliphatic heterocycles. The van der Waals surface area contributed by atoms with Crippen molar-refractivity contribution in [3.05, 3.63) is 23.1 Å². The van der Waals surface area contributed by atoms with Crippen LogP contribution in [0.25, 0.3) is 0 Å². The molecular weight excluding hydrogens is 316 g/mol. The van der Waals surface area contributed by atoms with E-state index in [2.05, 4.69) is 10.5 Å². The van der Waals surface area contributed by atoms with Crippen LogP contribution >= 0.6 is 0 Å². The molecule has 1 aromatic rings. The van der Waals surface area contributed by atoms with Crippen LogP contribution in [0.3, 0.4) is 0 Å². The van der Waals surface area contributed by atoms with Crippen LogP contribution in [-0.4, -0.2) is 45.2 Å². The number of benzene rings is 1. The molecule has 1 aromatic carbocycles. The third kappa shape index (κ3) is 7.77. The van der Waals surface area contributed by atoms with Crippen molar-refractivity contribution in [1.29, 1.82) is 0 Å². The molecule has 134 valence electrons. The summed E-state index contributed by atoms with van der Waals surface area (Å²) >= 11 is 0. The second-order valence-corrected chi connectivity index (χ2v) is 5.82.